The first-order chi connectivity index (χ1) is 17.2. The maximum atomic E-state index is 15.2. The van der Waals surface area contributed by atoms with Crippen molar-refractivity contribution in [1.82, 2.24) is 9.58 Å². The molecule has 36 heavy (non-hydrogen) atoms. The number of rotatable bonds is 1. The van der Waals surface area contributed by atoms with Gasteiger partial charge in [0.05, 0.1) is 6.04 Å². The fourth-order valence-corrected chi connectivity index (χ4v) is 6.80. The summed E-state index contributed by atoms with van der Waals surface area (Å²) in [4.78, 5) is 28.6. The van der Waals surface area contributed by atoms with Gasteiger partial charge in [-0.15, -0.1) is 11.8 Å². The van der Waals surface area contributed by atoms with Gasteiger partial charge in [-0.25, -0.2) is 8.78 Å². The molecule has 1 fully saturated rings. The van der Waals surface area contributed by atoms with Crippen molar-refractivity contribution in [3.05, 3.63) is 92.9 Å². The van der Waals surface area contributed by atoms with Crippen LogP contribution in [-0.2, 0) is 5.75 Å². The van der Waals surface area contributed by atoms with Crippen LogP contribution in [0.5, 0.6) is 5.75 Å². The summed E-state index contributed by atoms with van der Waals surface area (Å²) >= 11 is 1.44. The smallest absolute Gasteiger partial charge is 0.278 e. The number of aromatic nitrogens is 1. The van der Waals surface area contributed by atoms with Gasteiger partial charge in [0.25, 0.3) is 5.91 Å². The number of carbonyl (C=O) groups is 1. The van der Waals surface area contributed by atoms with E-state index >= 15 is 4.39 Å². The highest BCUT2D eigenvalue weighted by molar-refractivity contribution is 7.98. The highest BCUT2D eigenvalue weighted by Crippen LogP contribution is 2.47. The summed E-state index contributed by atoms with van der Waals surface area (Å²) in [6, 6.07) is 11.1. The second-order valence-electron chi connectivity index (χ2n) is 10.4. The molecule has 3 aromatic rings. The Bertz CT molecular complexity index is 1470. The minimum absolute atomic E-state index is 0.0891. The number of aromatic hydroxyl groups is 1. The third-order valence-corrected chi connectivity index (χ3v) is 8.69. The van der Waals surface area contributed by atoms with Gasteiger partial charge in [0.2, 0.25) is 5.43 Å². The van der Waals surface area contributed by atoms with E-state index < -0.39 is 40.9 Å². The molecule has 0 unspecified atom stereocenters. The molecule has 0 radical (unpaired) electrons. The molecule has 1 N–H and O–H groups in total. The zero-order chi connectivity index (χ0) is 25.4. The first-order valence-electron chi connectivity index (χ1n) is 11.9. The van der Waals surface area contributed by atoms with E-state index in [1.807, 2.05) is 29.3 Å². The summed E-state index contributed by atoms with van der Waals surface area (Å²) < 4.78 is 31.1. The number of thioether (sulfide) groups is 1. The molecule has 0 aliphatic carbocycles. The fraction of sp³-hybridized carbons (Fsp3) is 0.333. The van der Waals surface area contributed by atoms with Crippen molar-refractivity contribution < 1.29 is 18.7 Å². The Morgan fingerprint density at radius 3 is 2.64 bits per heavy atom. The van der Waals surface area contributed by atoms with Crippen LogP contribution >= 0.6 is 11.8 Å². The average Bonchev–Trinajstić information content (AvgIpc) is 3.01. The topological polar surface area (TPSA) is 65.8 Å². The van der Waals surface area contributed by atoms with E-state index in [9.17, 15) is 19.1 Å². The zero-order valence-electron chi connectivity index (χ0n) is 19.9. The summed E-state index contributed by atoms with van der Waals surface area (Å²) in [5, 5.41) is 12.7. The van der Waals surface area contributed by atoms with E-state index in [0.717, 1.165) is 22.9 Å². The van der Waals surface area contributed by atoms with E-state index in [1.54, 1.807) is 15.6 Å². The van der Waals surface area contributed by atoms with E-state index in [-0.39, 0.29) is 22.4 Å². The molecule has 0 spiro atoms. The molecule has 2 atom stereocenters. The maximum absolute atomic E-state index is 15.2. The molecule has 6 rings (SSSR count). The molecular weight excluding hydrogens is 484 g/mol. The van der Waals surface area contributed by atoms with Crippen LogP contribution in [0.2, 0.25) is 0 Å². The van der Waals surface area contributed by atoms with Gasteiger partial charge in [-0.2, -0.15) is 0 Å². The van der Waals surface area contributed by atoms with Crippen molar-refractivity contribution in [2.75, 3.05) is 11.6 Å². The number of halogens is 2. The number of carbonyl (C=O) groups excluding carboxylic acids is 1. The van der Waals surface area contributed by atoms with Crippen molar-refractivity contribution in [3.8, 4) is 5.75 Å². The van der Waals surface area contributed by atoms with Crippen molar-refractivity contribution in [2.45, 2.75) is 49.5 Å². The molecule has 3 aliphatic rings. The van der Waals surface area contributed by atoms with Gasteiger partial charge in [-0.1, -0.05) is 38.1 Å². The minimum Gasteiger partial charge on any atom is -0.502 e. The van der Waals surface area contributed by atoms with E-state index in [4.69, 9.17) is 0 Å². The number of hydrogen-bond acceptors (Lipinski definition) is 5. The first-order valence-corrected chi connectivity index (χ1v) is 12.9. The van der Waals surface area contributed by atoms with Gasteiger partial charge >= 0.3 is 0 Å². The van der Waals surface area contributed by atoms with Crippen LogP contribution in [0.1, 0.15) is 59.9 Å². The van der Waals surface area contributed by atoms with Crippen molar-refractivity contribution in [3.63, 3.8) is 0 Å². The first kappa shape index (κ1) is 23.1. The van der Waals surface area contributed by atoms with Gasteiger partial charge in [0.1, 0.15) is 6.17 Å². The summed E-state index contributed by atoms with van der Waals surface area (Å²) in [6.45, 7) is 4.74. The van der Waals surface area contributed by atoms with Crippen LogP contribution in [0.15, 0.2) is 58.4 Å². The average molecular weight is 510 g/mol. The van der Waals surface area contributed by atoms with Crippen LogP contribution < -0.4 is 10.4 Å². The molecule has 0 bridgehead atoms. The maximum Gasteiger partial charge on any atom is 0.278 e. The predicted molar refractivity (Wildman–Crippen MR) is 133 cm³/mol. The van der Waals surface area contributed by atoms with Gasteiger partial charge in [0.15, 0.2) is 23.1 Å². The number of piperidine rings is 1. The number of hydrogen-bond donors (Lipinski definition) is 1. The molecule has 6 nitrogen and oxygen atoms in total. The van der Waals surface area contributed by atoms with Gasteiger partial charge < -0.3 is 10.0 Å². The molecule has 9 heteroatoms. The Kier molecular flexibility index (Phi) is 5.19. The lowest BCUT2D eigenvalue weighted by molar-refractivity contribution is 0.0244. The molecule has 1 amide bonds. The molecule has 186 valence electrons. The number of fused-ring (bicyclic) bond motifs is 4. The second-order valence-corrected chi connectivity index (χ2v) is 11.4. The van der Waals surface area contributed by atoms with E-state index in [0.29, 0.717) is 18.5 Å². The molecule has 0 saturated carbocycles. The van der Waals surface area contributed by atoms with Gasteiger partial charge in [-0.3, -0.25) is 19.3 Å². The molecule has 1 saturated heterocycles. The monoisotopic (exact) mass is 509 g/mol. The largest absolute Gasteiger partial charge is 0.502 e. The summed E-state index contributed by atoms with van der Waals surface area (Å²) in [5.41, 5.74) is 0.898. The second kappa shape index (κ2) is 8.09. The summed E-state index contributed by atoms with van der Waals surface area (Å²) in [7, 11) is 0. The molecule has 2 aromatic carbocycles. The Balaban J connectivity index is 1.68. The highest BCUT2D eigenvalue weighted by Gasteiger charge is 2.48. The van der Waals surface area contributed by atoms with E-state index in [2.05, 4.69) is 13.8 Å². The van der Waals surface area contributed by atoms with Crippen LogP contribution in [0.25, 0.3) is 0 Å². The minimum atomic E-state index is -0.907. The quantitative estimate of drug-likeness (QED) is 0.512. The zero-order valence-corrected chi connectivity index (χ0v) is 20.7. The normalized spacial score (nSPS) is 22.3. The number of amides is 1. The highest BCUT2D eigenvalue weighted by atomic mass is 32.2. The lowest BCUT2D eigenvalue weighted by Crippen LogP contribution is -2.65. The number of nitrogens with zero attached hydrogens (tertiary/aromatic N) is 3. The van der Waals surface area contributed by atoms with Gasteiger partial charge in [0, 0.05) is 35.0 Å². The van der Waals surface area contributed by atoms with Crippen LogP contribution in [0.4, 0.5) is 8.78 Å². The van der Waals surface area contributed by atoms with Crippen LogP contribution in [0, 0.1) is 17.0 Å². The third-order valence-electron chi connectivity index (χ3n) is 7.57. The standard InChI is InChI=1S/C27H25F2N3O3S/c1-27(2)10-12-30-21(13-27)32(31-11-9-19(33)25(34)24(31)26(30)35)23-15-7-8-18(28)22(29)17(15)14-36-20-6-4-3-5-16(20)23/h3-9,11,21,23,34H,10,12-14H2,1-2H3/t21-,23+/m1/s1. The number of benzene rings is 2. The van der Waals surface area contributed by atoms with Crippen molar-refractivity contribution >= 4 is 17.7 Å². The Morgan fingerprint density at radius 1 is 1.06 bits per heavy atom. The number of pyridine rings is 1. The molecule has 4 heterocycles. The SMILES string of the molecule is CC1(C)CCN2C(=O)c3c(O)c(=O)ccn3N([C@@H]3c4ccccc4SCc4c3ccc(F)c4F)[C@@H]2C1. The Labute approximate surface area is 211 Å². The Hall–Kier alpha value is -3.33. The lowest BCUT2D eigenvalue weighted by atomic mass is 9.79. The van der Waals surface area contributed by atoms with E-state index in [1.165, 1.54) is 24.0 Å². The lowest BCUT2D eigenvalue weighted by Gasteiger charge is -2.54. The van der Waals surface area contributed by atoms with Crippen LogP contribution in [0.3, 0.4) is 0 Å². The van der Waals surface area contributed by atoms with Gasteiger partial charge in [-0.05, 0) is 41.5 Å². The third kappa shape index (κ3) is 3.36. The molecule has 3 aliphatic heterocycles. The molecular formula is C27H25F2N3O3S. The summed E-state index contributed by atoms with van der Waals surface area (Å²) in [5.74, 6) is -2.56. The van der Waals surface area contributed by atoms with Crippen molar-refractivity contribution in [2.24, 2.45) is 5.41 Å². The Morgan fingerprint density at radius 2 is 1.83 bits per heavy atom. The molecule has 1 aromatic heterocycles. The fourth-order valence-electron chi connectivity index (χ4n) is 5.69. The van der Waals surface area contributed by atoms with Crippen molar-refractivity contribution in [1.29, 1.82) is 0 Å². The van der Waals surface area contributed by atoms with Crippen LogP contribution in [-0.4, -0.2) is 33.3 Å². The predicted octanol–water partition coefficient (Wildman–Crippen LogP) is 4.77. The summed E-state index contributed by atoms with van der Waals surface area (Å²) in [6.07, 6.45) is 2.44.